The number of benzene rings is 1. The first-order chi connectivity index (χ1) is 10.8. The molecular weight excluding hydrogens is 274 g/mol. The maximum Gasteiger partial charge on any atom is 0.144 e. The largest absolute Gasteiger partial charge is 0.393 e. The van der Waals surface area contributed by atoms with Gasteiger partial charge in [0.05, 0.1) is 11.7 Å². The monoisotopic (exact) mass is 293 g/mol. The van der Waals surface area contributed by atoms with Crippen LogP contribution in [0.15, 0.2) is 42.6 Å². The van der Waals surface area contributed by atoms with E-state index >= 15 is 0 Å². The third-order valence-corrected chi connectivity index (χ3v) is 4.15. The number of nitriles is 1. The van der Waals surface area contributed by atoms with Crippen LogP contribution in [-0.4, -0.2) is 22.2 Å². The van der Waals surface area contributed by atoms with Crippen molar-refractivity contribution in [2.24, 2.45) is 0 Å². The van der Waals surface area contributed by atoms with Gasteiger partial charge in [-0.1, -0.05) is 30.3 Å². The molecule has 2 aromatic rings. The summed E-state index contributed by atoms with van der Waals surface area (Å²) in [5.74, 6) is 0.642. The fourth-order valence-corrected chi connectivity index (χ4v) is 2.87. The maximum atomic E-state index is 9.56. The lowest BCUT2D eigenvalue weighted by Gasteiger charge is -2.26. The first-order valence-electron chi connectivity index (χ1n) is 7.66. The molecule has 0 radical (unpaired) electrons. The number of nitrogens with one attached hydrogen (secondary N) is 1. The normalized spacial score (nSPS) is 21.1. The zero-order valence-electron chi connectivity index (χ0n) is 12.4. The van der Waals surface area contributed by atoms with Gasteiger partial charge in [-0.3, -0.25) is 0 Å². The summed E-state index contributed by atoms with van der Waals surface area (Å²) in [6.07, 6.45) is 5.06. The summed E-state index contributed by atoms with van der Waals surface area (Å²) in [6.45, 7) is 0. The molecule has 112 valence electrons. The second-order valence-electron chi connectivity index (χ2n) is 5.75. The number of hydrogen-bond acceptors (Lipinski definition) is 4. The molecular formula is C18H19N3O. The second kappa shape index (κ2) is 6.59. The molecule has 1 aromatic heterocycles. The summed E-state index contributed by atoms with van der Waals surface area (Å²) in [6, 6.07) is 14.3. The summed E-state index contributed by atoms with van der Waals surface area (Å²) in [7, 11) is 0. The molecule has 3 rings (SSSR count). The number of aliphatic hydroxyl groups is 1. The summed E-state index contributed by atoms with van der Waals surface area (Å²) < 4.78 is 0. The molecule has 1 aromatic carbocycles. The Labute approximate surface area is 130 Å². The molecule has 0 saturated heterocycles. The maximum absolute atomic E-state index is 9.56. The fourth-order valence-electron chi connectivity index (χ4n) is 2.87. The van der Waals surface area contributed by atoms with Gasteiger partial charge in [-0.05, 0) is 37.3 Å². The van der Waals surface area contributed by atoms with Gasteiger partial charge in [-0.15, -0.1) is 0 Å². The molecule has 1 aliphatic carbocycles. The highest BCUT2D eigenvalue weighted by Gasteiger charge is 2.20. The first-order valence-corrected chi connectivity index (χ1v) is 7.66. The SMILES string of the molecule is N#Cc1cc(-c2ccccc2)cnc1NC1CCC(O)CC1. The Hall–Kier alpha value is -2.38. The van der Waals surface area contributed by atoms with Crippen LogP contribution in [0.1, 0.15) is 31.2 Å². The van der Waals surface area contributed by atoms with Crippen LogP contribution in [0, 0.1) is 11.3 Å². The van der Waals surface area contributed by atoms with Gasteiger partial charge < -0.3 is 10.4 Å². The highest BCUT2D eigenvalue weighted by molar-refractivity contribution is 5.67. The Bertz CT molecular complexity index is 670. The Kier molecular flexibility index (Phi) is 4.36. The number of aromatic nitrogens is 1. The van der Waals surface area contributed by atoms with Gasteiger partial charge >= 0.3 is 0 Å². The Morgan fingerprint density at radius 1 is 1.09 bits per heavy atom. The molecule has 22 heavy (non-hydrogen) atoms. The van der Waals surface area contributed by atoms with E-state index in [0.717, 1.165) is 36.8 Å². The summed E-state index contributed by atoms with van der Waals surface area (Å²) >= 11 is 0. The zero-order valence-corrected chi connectivity index (χ0v) is 12.4. The third kappa shape index (κ3) is 3.26. The second-order valence-corrected chi connectivity index (χ2v) is 5.75. The lowest BCUT2D eigenvalue weighted by atomic mass is 9.93. The molecule has 1 fully saturated rings. The number of anilines is 1. The van der Waals surface area contributed by atoms with Gasteiger partial charge in [-0.2, -0.15) is 5.26 Å². The van der Waals surface area contributed by atoms with Crippen LogP contribution < -0.4 is 5.32 Å². The third-order valence-electron chi connectivity index (χ3n) is 4.15. The van der Waals surface area contributed by atoms with Crippen molar-refractivity contribution in [3.05, 3.63) is 48.2 Å². The fraction of sp³-hybridized carbons (Fsp3) is 0.333. The zero-order chi connectivity index (χ0) is 15.4. The highest BCUT2D eigenvalue weighted by Crippen LogP contribution is 2.26. The smallest absolute Gasteiger partial charge is 0.144 e. The van der Waals surface area contributed by atoms with Crippen LogP contribution in [0.25, 0.3) is 11.1 Å². The van der Waals surface area contributed by atoms with Gasteiger partial charge in [0.2, 0.25) is 0 Å². The lowest BCUT2D eigenvalue weighted by molar-refractivity contribution is 0.126. The van der Waals surface area contributed by atoms with Crippen LogP contribution in [0.4, 0.5) is 5.82 Å². The average Bonchev–Trinajstić information content (AvgIpc) is 2.58. The number of pyridine rings is 1. The summed E-state index contributed by atoms with van der Waals surface area (Å²) in [5.41, 5.74) is 2.56. The molecule has 0 amide bonds. The van der Waals surface area contributed by atoms with E-state index in [1.165, 1.54) is 0 Å². The molecule has 0 bridgehead atoms. The number of aliphatic hydroxyl groups excluding tert-OH is 1. The number of rotatable bonds is 3. The minimum atomic E-state index is -0.179. The van der Waals surface area contributed by atoms with Crippen LogP contribution >= 0.6 is 0 Å². The van der Waals surface area contributed by atoms with E-state index in [0.29, 0.717) is 11.4 Å². The van der Waals surface area contributed by atoms with Crippen LogP contribution in [0.3, 0.4) is 0 Å². The predicted octanol–water partition coefficient (Wildman–Crippen LogP) is 3.34. The van der Waals surface area contributed by atoms with E-state index in [2.05, 4.69) is 16.4 Å². The summed E-state index contributed by atoms with van der Waals surface area (Å²) in [5, 5.41) is 22.3. The van der Waals surface area contributed by atoms with E-state index in [1.54, 1.807) is 6.20 Å². The molecule has 1 heterocycles. The van der Waals surface area contributed by atoms with Gasteiger partial charge in [0.25, 0.3) is 0 Å². The molecule has 1 saturated carbocycles. The van der Waals surface area contributed by atoms with Crippen LogP contribution in [0.2, 0.25) is 0 Å². The van der Waals surface area contributed by atoms with Crippen LogP contribution in [-0.2, 0) is 0 Å². The number of nitrogens with zero attached hydrogens (tertiary/aromatic N) is 2. The predicted molar refractivity (Wildman–Crippen MR) is 86.3 cm³/mol. The lowest BCUT2D eigenvalue weighted by Crippen LogP contribution is -2.28. The van der Waals surface area contributed by atoms with Crippen molar-refractivity contribution in [2.75, 3.05) is 5.32 Å². The van der Waals surface area contributed by atoms with Gasteiger partial charge in [0.15, 0.2) is 0 Å². The highest BCUT2D eigenvalue weighted by atomic mass is 16.3. The Morgan fingerprint density at radius 3 is 2.50 bits per heavy atom. The Morgan fingerprint density at radius 2 is 1.82 bits per heavy atom. The average molecular weight is 293 g/mol. The van der Waals surface area contributed by atoms with Crippen molar-refractivity contribution in [2.45, 2.75) is 37.8 Å². The molecule has 4 nitrogen and oxygen atoms in total. The van der Waals surface area contributed by atoms with Crippen molar-refractivity contribution in [1.29, 1.82) is 5.26 Å². The summed E-state index contributed by atoms with van der Waals surface area (Å²) in [4.78, 5) is 4.44. The van der Waals surface area contributed by atoms with E-state index in [9.17, 15) is 10.4 Å². The van der Waals surface area contributed by atoms with Gasteiger partial charge in [0.1, 0.15) is 11.9 Å². The van der Waals surface area contributed by atoms with E-state index in [4.69, 9.17) is 0 Å². The van der Waals surface area contributed by atoms with E-state index < -0.39 is 0 Å². The van der Waals surface area contributed by atoms with Crippen molar-refractivity contribution in [1.82, 2.24) is 4.98 Å². The molecule has 0 spiro atoms. The standard InChI is InChI=1S/C18H19N3O/c19-11-14-10-15(13-4-2-1-3-5-13)12-20-18(14)21-16-6-8-17(22)9-7-16/h1-5,10,12,16-17,22H,6-9H2,(H,20,21). The van der Waals surface area contributed by atoms with Crippen molar-refractivity contribution in [3.8, 4) is 17.2 Å². The topological polar surface area (TPSA) is 68.9 Å². The minimum absolute atomic E-state index is 0.179. The van der Waals surface area contributed by atoms with E-state index in [-0.39, 0.29) is 12.1 Å². The molecule has 4 heteroatoms. The molecule has 0 aliphatic heterocycles. The Balaban J connectivity index is 1.80. The van der Waals surface area contributed by atoms with Crippen molar-refractivity contribution >= 4 is 5.82 Å². The van der Waals surface area contributed by atoms with Gasteiger partial charge in [-0.25, -0.2) is 4.98 Å². The molecule has 0 unspecified atom stereocenters. The first kappa shape index (κ1) is 14.6. The molecule has 2 N–H and O–H groups in total. The van der Waals surface area contributed by atoms with E-state index in [1.807, 2.05) is 36.4 Å². The van der Waals surface area contributed by atoms with Gasteiger partial charge in [0, 0.05) is 17.8 Å². The number of hydrogen-bond donors (Lipinski definition) is 2. The molecule has 0 atom stereocenters. The van der Waals surface area contributed by atoms with Crippen molar-refractivity contribution < 1.29 is 5.11 Å². The molecule has 1 aliphatic rings. The van der Waals surface area contributed by atoms with Crippen molar-refractivity contribution in [3.63, 3.8) is 0 Å². The quantitative estimate of drug-likeness (QED) is 0.910. The van der Waals surface area contributed by atoms with Crippen LogP contribution in [0.5, 0.6) is 0 Å². The minimum Gasteiger partial charge on any atom is -0.393 e.